The molecule has 0 fully saturated rings. The molecule has 1 aromatic rings. The van der Waals surface area contributed by atoms with E-state index in [-0.39, 0.29) is 11.9 Å². The molecule has 0 saturated carbocycles. The fraction of sp³-hybridized carbons (Fsp3) is 0.462. The molecule has 1 atom stereocenters. The van der Waals surface area contributed by atoms with E-state index in [1.54, 1.807) is 0 Å². The summed E-state index contributed by atoms with van der Waals surface area (Å²) in [5.74, 6) is -0.0136. The van der Waals surface area contributed by atoms with Crippen LogP contribution in [0.3, 0.4) is 0 Å². The molecule has 0 heterocycles. The Morgan fingerprint density at radius 1 is 1.38 bits per heavy atom. The minimum Gasteiger partial charge on any atom is -0.349 e. The van der Waals surface area contributed by atoms with Crippen molar-refractivity contribution in [3.63, 3.8) is 0 Å². The van der Waals surface area contributed by atoms with Gasteiger partial charge in [0, 0.05) is 11.6 Å². The predicted octanol–water partition coefficient (Wildman–Crippen LogP) is 1.85. The van der Waals surface area contributed by atoms with Gasteiger partial charge in [0.15, 0.2) is 0 Å². The number of carbonyl (C=O) groups is 1. The van der Waals surface area contributed by atoms with E-state index in [0.717, 1.165) is 18.4 Å². The van der Waals surface area contributed by atoms with E-state index >= 15 is 0 Å². The minimum absolute atomic E-state index is 0.0136. The van der Waals surface area contributed by atoms with Crippen LogP contribution in [0, 0.1) is 6.92 Å². The Balaban J connectivity index is 2.60. The Labute approximate surface area is 97.0 Å². The van der Waals surface area contributed by atoms with Crippen molar-refractivity contribution in [2.45, 2.75) is 32.7 Å². The summed E-state index contributed by atoms with van der Waals surface area (Å²) in [5, 5.41) is 2.98. The molecule has 1 unspecified atom stereocenters. The lowest BCUT2D eigenvalue weighted by molar-refractivity contribution is 0.0934. The Kier molecular flexibility index (Phi) is 4.99. The molecule has 0 aromatic heterocycles. The van der Waals surface area contributed by atoms with Crippen molar-refractivity contribution in [3.05, 3.63) is 35.4 Å². The number of rotatable bonds is 5. The number of hydrogen-bond donors (Lipinski definition) is 2. The standard InChI is InChI=1S/C13H20N2O/c1-3-12(8-9-14)15-13(16)11-6-4-10(2)5-7-11/h4-7,12H,3,8-9,14H2,1-2H3,(H,15,16). The van der Waals surface area contributed by atoms with Gasteiger partial charge in [-0.1, -0.05) is 24.6 Å². The van der Waals surface area contributed by atoms with Gasteiger partial charge in [0.05, 0.1) is 0 Å². The fourth-order valence-corrected chi connectivity index (χ4v) is 1.55. The zero-order valence-electron chi connectivity index (χ0n) is 9.99. The number of benzene rings is 1. The molecule has 0 aliphatic carbocycles. The summed E-state index contributed by atoms with van der Waals surface area (Å²) in [6, 6.07) is 7.76. The smallest absolute Gasteiger partial charge is 0.251 e. The number of amides is 1. The summed E-state index contributed by atoms with van der Waals surface area (Å²) >= 11 is 0. The molecule has 3 heteroatoms. The Bertz CT molecular complexity index is 332. The van der Waals surface area contributed by atoms with Crippen molar-refractivity contribution < 1.29 is 4.79 Å². The first kappa shape index (κ1) is 12.7. The zero-order chi connectivity index (χ0) is 12.0. The van der Waals surface area contributed by atoms with E-state index in [4.69, 9.17) is 5.73 Å². The molecule has 0 aliphatic heterocycles. The lowest BCUT2D eigenvalue weighted by Gasteiger charge is -2.15. The van der Waals surface area contributed by atoms with E-state index in [2.05, 4.69) is 12.2 Å². The van der Waals surface area contributed by atoms with Gasteiger partial charge in [-0.15, -0.1) is 0 Å². The second-order valence-corrected chi connectivity index (χ2v) is 4.02. The first-order valence-corrected chi connectivity index (χ1v) is 5.75. The van der Waals surface area contributed by atoms with Crippen LogP contribution in [0.5, 0.6) is 0 Å². The van der Waals surface area contributed by atoms with Gasteiger partial charge in [0.1, 0.15) is 0 Å². The lowest BCUT2D eigenvalue weighted by atomic mass is 10.1. The van der Waals surface area contributed by atoms with Gasteiger partial charge in [-0.25, -0.2) is 0 Å². The molecule has 0 saturated heterocycles. The second kappa shape index (κ2) is 6.28. The van der Waals surface area contributed by atoms with Crippen LogP contribution >= 0.6 is 0 Å². The van der Waals surface area contributed by atoms with Crippen LogP contribution in [-0.2, 0) is 0 Å². The third-order valence-electron chi connectivity index (χ3n) is 2.66. The number of carbonyl (C=O) groups excluding carboxylic acids is 1. The summed E-state index contributed by atoms with van der Waals surface area (Å²) in [7, 11) is 0. The van der Waals surface area contributed by atoms with Crippen LogP contribution in [0.15, 0.2) is 24.3 Å². The molecule has 1 rings (SSSR count). The van der Waals surface area contributed by atoms with Crippen molar-refractivity contribution in [1.82, 2.24) is 5.32 Å². The maximum Gasteiger partial charge on any atom is 0.251 e. The second-order valence-electron chi connectivity index (χ2n) is 4.02. The molecule has 88 valence electrons. The monoisotopic (exact) mass is 220 g/mol. The SMILES string of the molecule is CCC(CCN)NC(=O)c1ccc(C)cc1. The van der Waals surface area contributed by atoms with Gasteiger partial charge in [-0.2, -0.15) is 0 Å². The quantitative estimate of drug-likeness (QED) is 0.795. The predicted molar refractivity (Wildman–Crippen MR) is 66.4 cm³/mol. The highest BCUT2D eigenvalue weighted by molar-refractivity contribution is 5.94. The van der Waals surface area contributed by atoms with Crippen LogP contribution in [0.4, 0.5) is 0 Å². The summed E-state index contributed by atoms with van der Waals surface area (Å²) in [5.41, 5.74) is 7.36. The van der Waals surface area contributed by atoms with Gasteiger partial charge in [-0.05, 0) is 38.4 Å². The molecule has 1 aromatic carbocycles. The molecule has 1 amide bonds. The average Bonchev–Trinajstić information content (AvgIpc) is 2.29. The highest BCUT2D eigenvalue weighted by Gasteiger charge is 2.10. The summed E-state index contributed by atoms with van der Waals surface area (Å²) in [6.07, 6.45) is 1.74. The van der Waals surface area contributed by atoms with Crippen LogP contribution in [0.2, 0.25) is 0 Å². The molecule has 3 nitrogen and oxygen atoms in total. The first-order valence-electron chi connectivity index (χ1n) is 5.75. The molecule has 16 heavy (non-hydrogen) atoms. The molecule has 0 aliphatic rings. The van der Waals surface area contributed by atoms with Gasteiger partial charge >= 0.3 is 0 Å². The Morgan fingerprint density at radius 2 is 2.00 bits per heavy atom. The van der Waals surface area contributed by atoms with Gasteiger partial charge in [0.25, 0.3) is 5.91 Å². The summed E-state index contributed by atoms with van der Waals surface area (Å²) in [4.78, 5) is 11.8. The van der Waals surface area contributed by atoms with Crippen molar-refractivity contribution in [2.24, 2.45) is 5.73 Å². The van der Waals surface area contributed by atoms with Crippen LogP contribution < -0.4 is 11.1 Å². The van der Waals surface area contributed by atoms with E-state index in [9.17, 15) is 4.79 Å². The topological polar surface area (TPSA) is 55.1 Å². The largest absolute Gasteiger partial charge is 0.349 e. The molecule has 0 radical (unpaired) electrons. The van der Waals surface area contributed by atoms with Crippen LogP contribution in [0.1, 0.15) is 35.7 Å². The van der Waals surface area contributed by atoms with Gasteiger partial charge < -0.3 is 11.1 Å². The number of nitrogens with two attached hydrogens (primary N) is 1. The summed E-state index contributed by atoms with van der Waals surface area (Å²) in [6.45, 7) is 4.66. The lowest BCUT2D eigenvalue weighted by Crippen LogP contribution is -2.35. The van der Waals surface area contributed by atoms with E-state index in [1.165, 1.54) is 0 Å². The Morgan fingerprint density at radius 3 is 2.50 bits per heavy atom. The maximum absolute atomic E-state index is 11.8. The third-order valence-corrected chi connectivity index (χ3v) is 2.66. The maximum atomic E-state index is 11.8. The van der Waals surface area contributed by atoms with Crippen molar-refractivity contribution in [3.8, 4) is 0 Å². The highest BCUT2D eigenvalue weighted by atomic mass is 16.1. The number of aryl methyl sites for hydroxylation is 1. The van der Waals surface area contributed by atoms with E-state index < -0.39 is 0 Å². The van der Waals surface area contributed by atoms with Crippen molar-refractivity contribution >= 4 is 5.91 Å². The number of hydrogen-bond acceptors (Lipinski definition) is 2. The van der Waals surface area contributed by atoms with Crippen molar-refractivity contribution in [2.75, 3.05) is 6.54 Å². The normalized spacial score (nSPS) is 12.2. The number of nitrogens with one attached hydrogen (secondary N) is 1. The average molecular weight is 220 g/mol. The van der Waals surface area contributed by atoms with E-state index in [1.807, 2.05) is 31.2 Å². The van der Waals surface area contributed by atoms with Crippen LogP contribution in [-0.4, -0.2) is 18.5 Å². The third kappa shape index (κ3) is 3.66. The van der Waals surface area contributed by atoms with E-state index in [0.29, 0.717) is 12.1 Å². The van der Waals surface area contributed by atoms with Gasteiger partial charge in [-0.3, -0.25) is 4.79 Å². The van der Waals surface area contributed by atoms with Gasteiger partial charge in [0.2, 0.25) is 0 Å². The molecule has 0 bridgehead atoms. The molecular weight excluding hydrogens is 200 g/mol. The zero-order valence-corrected chi connectivity index (χ0v) is 9.99. The molecule has 3 N–H and O–H groups in total. The minimum atomic E-state index is -0.0136. The van der Waals surface area contributed by atoms with Crippen molar-refractivity contribution in [1.29, 1.82) is 0 Å². The Hall–Kier alpha value is -1.35. The summed E-state index contributed by atoms with van der Waals surface area (Å²) < 4.78 is 0. The highest BCUT2D eigenvalue weighted by Crippen LogP contribution is 2.04. The fourth-order valence-electron chi connectivity index (χ4n) is 1.55. The molecule has 0 spiro atoms. The first-order chi connectivity index (χ1) is 7.67. The van der Waals surface area contributed by atoms with Crippen LogP contribution in [0.25, 0.3) is 0 Å². The molecular formula is C13H20N2O.